The van der Waals surface area contributed by atoms with E-state index < -0.39 is 0 Å². The van der Waals surface area contributed by atoms with Gasteiger partial charge in [-0.15, -0.1) is 0 Å². The Labute approximate surface area is 328 Å². The van der Waals surface area contributed by atoms with Crippen LogP contribution < -0.4 is 0 Å². The summed E-state index contributed by atoms with van der Waals surface area (Å²) in [5.41, 5.74) is 11.3. The summed E-state index contributed by atoms with van der Waals surface area (Å²) in [5.74, 6) is 2.77. The first-order valence-electron chi connectivity index (χ1n) is 19.3. The minimum absolute atomic E-state index is 0.426. The standard InChI is InChI=1S/C52H41N3O/c1-3-36(26-25-35(2)37-15-7-4-8-16-37)44-31-32-47-46(34-44)49-45(23-14-24-48(49)56-47)52-54-50(40-19-11-6-12-20-40)53-51(55-52)41-29-27-39(28-30-41)43-22-13-21-42(33-43)38-17-9-5-10-18-38/h3-15,17-35,37H,16H2,1-2H3/b26-25-,36-3+. The van der Waals surface area contributed by atoms with Gasteiger partial charge < -0.3 is 4.42 Å². The maximum Gasteiger partial charge on any atom is 0.164 e. The van der Waals surface area contributed by atoms with Gasteiger partial charge in [0.05, 0.1) is 0 Å². The van der Waals surface area contributed by atoms with Crippen molar-refractivity contribution in [1.82, 2.24) is 15.0 Å². The van der Waals surface area contributed by atoms with Crippen LogP contribution in [0.2, 0.25) is 0 Å². The highest BCUT2D eigenvalue weighted by molar-refractivity contribution is 6.12. The third-order valence-corrected chi connectivity index (χ3v) is 10.8. The first-order chi connectivity index (χ1) is 27.6. The van der Waals surface area contributed by atoms with Crippen molar-refractivity contribution < 1.29 is 4.42 Å². The molecule has 0 bridgehead atoms. The van der Waals surface area contributed by atoms with Crippen molar-refractivity contribution >= 4 is 27.5 Å². The van der Waals surface area contributed by atoms with Crippen molar-refractivity contribution in [3.63, 3.8) is 0 Å². The van der Waals surface area contributed by atoms with E-state index in [0.29, 0.717) is 29.3 Å². The smallest absolute Gasteiger partial charge is 0.164 e. The molecule has 0 fully saturated rings. The summed E-state index contributed by atoms with van der Waals surface area (Å²) in [4.78, 5) is 15.3. The summed E-state index contributed by atoms with van der Waals surface area (Å²) in [7, 11) is 0. The Kier molecular flexibility index (Phi) is 9.61. The average molecular weight is 724 g/mol. The molecule has 4 nitrogen and oxygen atoms in total. The number of nitrogens with zero attached hydrogens (tertiary/aromatic N) is 3. The highest BCUT2D eigenvalue weighted by atomic mass is 16.3. The zero-order valence-corrected chi connectivity index (χ0v) is 31.5. The van der Waals surface area contributed by atoms with Gasteiger partial charge in [-0.1, -0.05) is 171 Å². The molecule has 270 valence electrons. The Balaban J connectivity index is 1.11. The molecule has 56 heavy (non-hydrogen) atoms. The molecule has 9 rings (SSSR count). The number of furan rings is 1. The lowest BCUT2D eigenvalue weighted by atomic mass is 9.87. The molecule has 0 spiro atoms. The molecule has 1 aliphatic carbocycles. The van der Waals surface area contributed by atoms with Gasteiger partial charge in [0.1, 0.15) is 11.2 Å². The number of hydrogen-bond donors (Lipinski definition) is 0. The molecule has 0 saturated heterocycles. The van der Waals surface area contributed by atoms with Gasteiger partial charge in [-0.3, -0.25) is 0 Å². The predicted octanol–water partition coefficient (Wildman–Crippen LogP) is 13.8. The monoisotopic (exact) mass is 723 g/mol. The summed E-state index contributed by atoms with van der Waals surface area (Å²) in [6, 6.07) is 50.4. The topological polar surface area (TPSA) is 51.8 Å². The highest BCUT2D eigenvalue weighted by Crippen LogP contribution is 2.38. The van der Waals surface area contributed by atoms with Crippen LogP contribution in [0.3, 0.4) is 0 Å². The highest BCUT2D eigenvalue weighted by Gasteiger charge is 2.19. The zero-order chi connectivity index (χ0) is 37.8. The van der Waals surface area contributed by atoms with Crippen LogP contribution in [0.15, 0.2) is 193 Å². The second-order valence-corrected chi connectivity index (χ2v) is 14.4. The maximum absolute atomic E-state index is 6.46. The second-order valence-electron chi connectivity index (χ2n) is 14.4. The van der Waals surface area contributed by atoms with Crippen LogP contribution in [0.4, 0.5) is 0 Å². The van der Waals surface area contributed by atoms with Gasteiger partial charge in [0.25, 0.3) is 0 Å². The van der Waals surface area contributed by atoms with Gasteiger partial charge >= 0.3 is 0 Å². The summed E-state index contributed by atoms with van der Waals surface area (Å²) >= 11 is 0. The van der Waals surface area contributed by atoms with E-state index in [4.69, 9.17) is 19.4 Å². The van der Waals surface area contributed by atoms with Crippen LogP contribution in [0, 0.1) is 11.8 Å². The fraction of sp³-hybridized carbons (Fsp3) is 0.0962. The molecule has 2 heterocycles. The van der Waals surface area contributed by atoms with Gasteiger partial charge in [-0.25, -0.2) is 15.0 Å². The molecule has 2 aromatic heterocycles. The van der Waals surface area contributed by atoms with Crippen molar-refractivity contribution in [2.24, 2.45) is 11.8 Å². The lowest BCUT2D eigenvalue weighted by Gasteiger charge is -2.18. The van der Waals surface area contributed by atoms with Crippen molar-refractivity contribution in [3.05, 3.63) is 194 Å². The first-order valence-corrected chi connectivity index (χ1v) is 19.3. The Morgan fingerprint density at radius 1 is 0.607 bits per heavy atom. The second kappa shape index (κ2) is 15.4. The molecule has 6 aromatic carbocycles. The molecule has 0 saturated carbocycles. The molecule has 0 N–H and O–H groups in total. The zero-order valence-electron chi connectivity index (χ0n) is 31.5. The fourth-order valence-electron chi connectivity index (χ4n) is 7.60. The Bertz CT molecular complexity index is 2790. The van der Waals surface area contributed by atoms with E-state index in [1.54, 1.807) is 0 Å². The molecule has 1 aliphatic rings. The van der Waals surface area contributed by atoms with Gasteiger partial charge in [0, 0.05) is 27.5 Å². The van der Waals surface area contributed by atoms with Gasteiger partial charge in [-0.05, 0) is 82.8 Å². The van der Waals surface area contributed by atoms with Gasteiger partial charge in [0.15, 0.2) is 17.5 Å². The maximum atomic E-state index is 6.46. The number of fused-ring (bicyclic) bond motifs is 3. The van der Waals surface area contributed by atoms with E-state index in [1.807, 2.05) is 48.5 Å². The minimum Gasteiger partial charge on any atom is -0.456 e. The van der Waals surface area contributed by atoms with Crippen LogP contribution in [0.25, 0.3) is 83.9 Å². The number of rotatable bonds is 9. The molecule has 0 aliphatic heterocycles. The molecular formula is C52H41N3O. The first kappa shape index (κ1) is 34.8. The van der Waals surface area contributed by atoms with E-state index >= 15 is 0 Å². The Hall–Kier alpha value is -6.91. The summed E-state index contributed by atoms with van der Waals surface area (Å²) < 4.78 is 6.46. The van der Waals surface area contributed by atoms with Crippen molar-refractivity contribution in [3.8, 4) is 56.4 Å². The molecular weight excluding hydrogens is 683 g/mol. The van der Waals surface area contributed by atoms with Crippen molar-refractivity contribution in [2.45, 2.75) is 20.3 Å². The van der Waals surface area contributed by atoms with Crippen LogP contribution in [0.1, 0.15) is 25.8 Å². The SMILES string of the molecule is C/C=C(\C=C/C(C)C1C=CC=CC1)c1ccc2oc3cccc(-c4nc(-c5ccccc5)nc(-c5ccc(-c6cccc(-c7ccccc7)c6)cc5)n4)c3c2c1. The van der Waals surface area contributed by atoms with E-state index in [-0.39, 0.29) is 0 Å². The van der Waals surface area contributed by atoms with Crippen LogP contribution in [0.5, 0.6) is 0 Å². The Morgan fingerprint density at radius 3 is 1.93 bits per heavy atom. The normalized spacial score (nSPS) is 14.9. The molecule has 2 atom stereocenters. The van der Waals surface area contributed by atoms with E-state index in [2.05, 4.69) is 153 Å². The van der Waals surface area contributed by atoms with Gasteiger partial charge in [-0.2, -0.15) is 0 Å². The summed E-state index contributed by atoms with van der Waals surface area (Å²) in [6.07, 6.45) is 16.7. The summed E-state index contributed by atoms with van der Waals surface area (Å²) in [5, 5.41) is 2.01. The number of benzene rings is 6. The number of aromatic nitrogens is 3. The van der Waals surface area contributed by atoms with E-state index in [1.165, 1.54) is 16.7 Å². The lowest BCUT2D eigenvalue weighted by molar-refractivity contribution is 0.514. The average Bonchev–Trinajstić information content (AvgIpc) is 3.66. The molecule has 4 heteroatoms. The largest absolute Gasteiger partial charge is 0.456 e. The molecule has 8 aromatic rings. The number of allylic oxidation sites excluding steroid dienone is 8. The molecule has 2 unspecified atom stereocenters. The molecule has 0 radical (unpaired) electrons. The minimum atomic E-state index is 0.426. The van der Waals surface area contributed by atoms with Crippen LogP contribution in [-0.2, 0) is 0 Å². The fourth-order valence-corrected chi connectivity index (χ4v) is 7.60. The van der Waals surface area contributed by atoms with Crippen LogP contribution >= 0.6 is 0 Å². The quantitative estimate of drug-likeness (QED) is 0.139. The predicted molar refractivity (Wildman–Crippen MR) is 233 cm³/mol. The van der Waals surface area contributed by atoms with E-state index in [9.17, 15) is 0 Å². The number of hydrogen-bond acceptors (Lipinski definition) is 4. The van der Waals surface area contributed by atoms with Gasteiger partial charge in [0.2, 0.25) is 0 Å². The van der Waals surface area contributed by atoms with E-state index in [0.717, 1.165) is 61.7 Å². The van der Waals surface area contributed by atoms with Crippen molar-refractivity contribution in [1.29, 1.82) is 0 Å². The van der Waals surface area contributed by atoms with Crippen molar-refractivity contribution in [2.75, 3.05) is 0 Å². The Morgan fingerprint density at radius 2 is 1.23 bits per heavy atom. The summed E-state index contributed by atoms with van der Waals surface area (Å²) in [6.45, 7) is 4.39. The lowest BCUT2D eigenvalue weighted by Crippen LogP contribution is -2.07. The molecule has 0 amide bonds. The third kappa shape index (κ3) is 7.05. The third-order valence-electron chi connectivity index (χ3n) is 10.8. The van der Waals surface area contributed by atoms with Crippen LogP contribution in [-0.4, -0.2) is 15.0 Å².